The van der Waals surface area contributed by atoms with Gasteiger partial charge in [0.1, 0.15) is 6.61 Å². The first-order valence-electron chi connectivity index (χ1n) is 3.96. The first-order valence-corrected chi connectivity index (χ1v) is 3.96. The van der Waals surface area contributed by atoms with Crippen molar-refractivity contribution in [3.05, 3.63) is 0 Å². The molecule has 1 heterocycles. The van der Waals surface area contributed by atoms with Crippen LogP contribution in [0.2, 0.25) is 0 Å². The fourth-order valence-corrected chi connectivity index (χ4v) is 2.04. The van der Waals surface area contributed by atoms with E-state index in [1.807, 2.05) is 0 Å². The van der Waals surface area contributed by atoms with Crippen molar-refractivity contribution in [3.8, 4) is 0 Å². The Hall–Kier alpha value is -0.370. The monoisotopic (exact) mass is 140 g/mol. The van der Waals surface area contributed by atoms with Gasteiger partial charge in [-0.05, 0) is 12.8 Å². The molecule has 2 heteroatoms. The van der Waals surface area contributed by atoms with E-state index in [1.165, 1.54) is 12.8 Å². The molecule has 0 atom stereocenters. The molecule has 1 saturated carbocycles. The van der Waals surface area contributed by atoms with Crippen molar-refractivity contribution in [2.75, 3.05) is 6.61 Å². The third kappa shape index (κ3) is 0.870. The summed E-state index contributed by atoms with van der Waals surface area (Å²) < 4.78 is 5.46. The summed E-state index contributed by atoms with van der Waals surface area (Å²) in [4.78, 5) is 10.9. The van der Waals surface area contributed by atoms with Gasteiger partial charge in [0.2, 0.25) is 0 Å². The van der Waals surface area contributed by atoms with Gasteiger partial charge in [-0.25, -0.2) is 0 Å². The Labute approximate surface area is 60.6 Å². The molecule has 1 aliphatic carbocycles. The van der Waals surface area contributed by atoms with Gasteiger partial charge in [-0.1, -0.05) is 12.8 Å². The van der Waals surface area contributed by atoms with Gasteiger partial charge >= 0.3 is 0 Å². The summed E-state index contributed by atoms with van der Waals surface area (Å²) in [6, 6.07) is 0. The number of Topliss-reactive ketones (excluding diaryl/α,β-unsaturated/α-hetero) is 1. The maximum absolute atomic E-state index is 10.9. The maximum Gasteiger partial charge on any atom is 0.161 e. The molecule has 2 aliphatic rings. The van der Waals surface area contributed by atoms with E-state index in [9.17, 15) is 4.79 Å². The highest BCUT2D eigenvalue weighted by atomic mass is 16.5. The summed E-state index contributed by atoms with van der Waals surface area (Å²) in [5, 5.41) is 0. The van der Waals surface area contributed by atoms with E-state index in [2.05, 4.69) is 0 Å². The van der Waals surface area contributed by atoms with Crippen LogP contribution in [0.25, 0.3) is 0 Å². The minimum Gasteiger partial charge on any atom is -0.367 e. The Bertz CT molecular complexity index is 157. The second-order valence-corrected chi connectivity index (χ2v) is 3.39. The molecule has 0 aromatic rings. The van der Waals surface area contributed by atoms with Gasteiger partial charge in [0.05, 0.1) is 5.60 Å². The molecule has 56 valence electrons. The Morgan fingerprint density at radius 3 is 2.50 bits per heavy atom. The predicted octanol–water partition coefficient (Wildman–Crippen LogP) is 1.29. The highest BCUT2D eigenvalue weighted by Crippen LogP contribution is 2.39. The van der Waals surface area contributed by atoms with Crippen LogP contribution in [-0.2, 0) is 9.53 Å². The molecule has 2 nitrogen and oxygen atoms in total. The molecule has 10 heavy (non-hydrogen) atoms. The van der Waals surface area contributed by atoms with E-state index in [0.717, 1.165) is 12.8 Å². The summed E-state index contributed by atoms with van der Waals surface area (Å²) in [6.07, 6.45) is 5.39. The number of hydrogen-bond donors (Lipinski definition) is 0. The molecule has 0 amide bonds. The van der Waals surface area contributed by atoms with E-state index in [1.54, 1.807) is 0 Å². The molecule has 0 N–H and O–H groups in total. The SMILES string of the molecule is O=C1COC2(CCCC2)C1. The zero-order valence-electron chi connectivity index (χ0n) is 6.06. The largest absolute Gasteiger partial charge is 0.367 e. The number of ketones is 1. The van der Waals surface area contributed by atoms with Gasteiger partial charge in [0.15, 0.2) is 5.78 Å². The fourth-order valence-electron chi connectivity index (χ4n) is 2.04. The molecular weight excluding hydrogens is 128 g/mol. The van der Waals surface area contributed by atoms with Crippen LogP contribution in [0.4, 0.5) is 0 Å². The predicted molar refractivity (Wildman–Crippen MR) is 36.8 cm³/mol. The molecule has 0 radical (unpaired) electrons. The molecule has 1 saturated heterocycles. The topological polar surface area (TPSA) is 26.3 Å². The molecule has 0 aromatic heterocycles. The molecule has 1 aliphatic heterocycles. The second kappa shape index (κ2) is 2.06. The lowest BCUT2D eigenvalue weighted by molar-refractivity contribution is -0.117. The van der Waals surface area contributed by atoms with Gasteiger partial charge in [0.25, 0.3) is 0 Å². The van der Waals surface area contributed by atoms with E-state index >= 15 is 0 Å². The number of carbonyl (C=O) groups is 1. The number of carbonyl (C=O) groups excluding carboxylic acids is 1. The summed E-state index contributed by atoms with van der Waals surface area (Å²) in [6.45, 7) is 0.375. The van der Waals surface area contributed by atoms with Crippen molar-refractivity contribution in [2.24, 2.45) is 0 Å². The molecule has 0 unspecified atom stereocenters. The van der Waals surface area contributed by atoms with Crippen LogP contribution in [0.5, 0.6) is 0 Å². The summed E-state index contributed by atoms with van der Waals surface area (Å²) in [5.74, 6) is 0.293. The highest BCUT2D eigenvalue weighted by Gasteiger charge is 2.41. The smallest absolute Gasteiger partial charge is 0.161 e. The Morgan fingerprint density at radius 2 is 2.00 bits per heavy atom. The lowest BCUT2D eigenvalue weighted by Gasteiger charge is -2.19. The van der Waals surface area contributed by atoms with Crippen molar-refractivity contribution in [1.29, 1.82) is 0 Å². The molecule has 1 spiro atoms. The number of rotatable bonds is 0. The van der Waals surface area contributed by atoms with E-state index in [-0.39, 0.29) is 5.60 Å². The van der Waals surface area contributed by atoms with E-state index in [4.69, 9.17) is 4.74 Å². The van der Waals surface area contributed by atoms with Gasteiger partial charge in [-0.15, -0.1) is 0 Å². The summed E-state index contributed by atoms with van der Waals surface area (Å²) in [7, 11) is 0. The standard InChI is InChI=1S/C8H12O2/c9-7-5-8(10-6-7)3-1-2-4-8/h1-6H2. The average molecular weight is 140 g/mol. The zero-order chi connectivity index (χ0) is 7.03. The first-order chi connectivity index (χ1) is 4.81. The van der Waals surface area contributed by atoms with E-state index in [0.29, 0.717) is 18.8 Å². The average Bonchev–Trinajstić information content (AvgIpc) is 2.46. The summed E-state index contributed by atoms with van der Waals surface area (Å²) >= 11 is 0. The highest BCUT2D eigenvalue weighted by molar-refractivity contribution is 5.82. The molecule has 2 rings (SSSR count). The number of ether oxygens (including phenoxy) is 1. The van der Waals surface area contributed by atoms with Gasteiger partial charge in [-0.3, -0.25) is 4.79 Å². The van der Waals surface area contributed by atoms with Crippen LogP contribution >= 0.6 is 0 Å². The van der Waals surface area contributed by atoms with Crippen LogP contribution in [-0.4, -0.2) is 18.0 Å². The van der Waals surface area contributed by atoms with Crippen LogP contribution < -0.4 is 0 Å². The molecular formula is C8H12O2. The zero-order valence-corrected chi connectivity index (χ0v) is 6.06. The quantitative estimate of drug-likeness (QED) is 0.506. The lowest BCUT2D eigenvalue weighted by Crippen LogP contribution is -2.22. The van der Waals surface area contributed by atoms with Crippen LogP contribution in [0.15, 0.2) is 0 Å². The van der Waals surface area contributed by atoms with Crippen LogP contribution in [0.1, 0.15) is 32.1 Å². The second-order valence-electron chi connectivity index (χ2n) is 3.39. The third-order valence-electron chi connectivity index (χ3n) is 2.57. The van der Waals surface area contributed by atoms with Gasteiger partial charge in [-0.2, -0.15) is 0 Å². The molecule has 0 aromatic carbocycles. The van der Waals surface area contributed by atoms with Crippen molar-refractivity contribution >= 4 is 5.78 Å². The third-order valence-corrected chi connectivity index (χ3v) is 2.57. The van der Waals surface area contributed by atoms with Crippen molar-refractivity contribution < 1.29 is 9.53 Å². The first kappa shape index (κ1) is 6.35. The van der Waals surface area contributed by atoms with Gasteiger partial charge < -0.3 is 4.74 Å². The van der Waals surface area contributed by atoms with Crippen LogP contribution in [0, 0.1) is 0 Å². The number of hydrogen-bond acceptors (Lipinski definition) is 2. The minimum atomic E-state index is 0.0110. The Balaban J connectivity index is 2.09. The molecule has 2 fully saturated rings. The van der Waals surface area contributed by atoms with E-state index < -0.39 is 0 Å². The lowest BCUT2D eigenvalue weighted by atomic mass is 9.98. The maximum atomic E-state index is 10.9. The van der Waals surface area contributed by atoms with Crippen molar-refractivity contribution in [1.82, 2.24) is 0 Å². The Morgan fingerprint density at radius 1 is 1.30 bits per heavy atom. The minimum absolute atomic E-state index is 0.0110. The van der Waals surface area contributed by atoms with Crippen LogP contribution in [0.3, 0.4) is 0 Å². The van der Waals surface area contributed by atoms with Crippen molar-refractivity contribution in [3.63, 3.8) is 0 Å². The fraction of sp³-hybridized carbons (Fsp3) is 0.875. The Kier molecular flexibility index (Phi) is 1.31. The summed E-state index contributed by atoms with van der Waals surface area (Å²) in [5.41, 5.74) is 0.0110. The molecule has 0 bridgehead atoms. The van der Waals surface area contributed by atoms with Crippen molar-refractivity contribution in [2.45, 2.75) is 37.7 Å². The van der Waals surface area contributed by atoms with Gasteiger partial charge in [0, 0.05) is 6.42 Å². The normalized spacial score (nSPS) is 30.2.